The molecule has 0 bridgehead atoms. The molecule has 0 aromatic carbocycles. The first kappa shape index (κ1) is 8.26. The number of thioether (sulfide) groups is 1. The van der Waals surface area contributed by atoms with E-state index in [4.69, 9.17) is 12.2 Å². The standard InChI is InChI=1S/C8H10N2S2/c11-7-3-4-9-8(10-7)6-2-1-5-12-6/h3-4,6H,1-2,5H2,(H,9,10,11). The van der Waals surface area contributed by atoms with Crippen LogP contribution in [0.2, 0.25) is 0 Å². The summed E-state index contributed by atoms with van der Waals surface area (Å²) < 4.78 is 0.785. The fraction of sp³-hybridized carbons (Fsp3) is 0.500. The molecule has 0 amide bonds. The van der Waals surface area contributed by atoms with Crippen molar-refractivity contribution in [2.24, 2.45) is 0 Å². The number of hydrogen-bond acceptors (Lipinski definition) is 3. The van der Waals surface area contributed by atoms with Gasteiger partial charge in [-0.1, -0.05) is 12.2 Å². The lowest BCUT2D eigenvalue weighted by atomic mass is 10.2. The van der Waals surface area contributed by atoms with E-state index in [0.717, 1.165) is 10.5 Å². The van der Waals surface area contributed by atoms with Crippen molar-refractivity contribution < 1.29 is 0 Å². The topological polar surface area (TPSA) is 28.7 Å². The Kier molecular flexibility index (Phi) is 2.46. The molecule has 2 nitrogen and oxygen atoms in total. The minimum atomic E-state index is 0.549. The van der Waals surface area contributed by atoms with Crippen molar-refractivity contribution >= 4 is 24.0 Å². The van der Waals surface area contributed by atoms with Crippen molar-refractivity contribution in [3.05, 3.63) is 22.7 Å². The van der Waals surface area contributed by atoms with Gasteiger partial charge in [0.25, 0.3) is 0 Å². The zero-order valence-corrected chi connectivity index (χ0v) is 8.25. The fourth-order valence-electron chi connectivity index (χ4n) is 1.34. The molecule has 0 aliphatic carbocycles. The van der Waals surface area contributed by atoms with Crippen LogP contribution in [0.4, 0.5) is 0 Å². The predicted molar refractivity (Wildman–Crippen MR) is 53.9 cm³/mol. The Hall–Kier alpha value is -0.350. The van der Waals surface area contributed by atoms with E-state index in [0.29, 0.717) is 5.25 Å². The van der Waals surface area contributed by atoms with Crippen LogP contribution in [0.25, 0.3) is 0 Å². The molecule has 2 heterocycles. The molecule has 2 rings (SSSR count). The molecule has 1 unspecified atom stereocenters. The molecule has 1 atom stereocenters. The van der Waals surface area contributed by atoms with E-state index in [1.807, 2.05) is 17.8 Å². The highest BCUT2D eigenvalue weighted by Crippen LogP contribution is 2.37. The number of H-pyrrole nitrogens is 1. The van der Waals surface area contributed by atoms with Crippen LogP contribution in [-0.4, -0.2) is 15.7 Å². The minimum absolute atomic E-state index is 0.549. The molecule has 1 saturated heterocycles. The third-order valence-electron chi connectivity index (χ3n) is 1.93. The molecule has 1 aromatic rings. The monoisotopic (exact) mass is 198 g/mol. The SMILES string of the molecule is S=c1ccnc(C2CCCS2)[nH]1. The van der Waals surface area contributed by atoms with Gasteiger partial charge in [0.15, 0.2) is 0 Å². The summed E-state index contributed by atoms with van der Waals surface area (Å²) in [6, 6.07) is 1.82. The van der Waals surface area contributed by atoms with Crippen molar-refractivity contribution in [1.82, 2.24) is 9.97 Å². The van der Waals surface area contributed by atoms with Crippen LogP contribution in [0.1, 0.15) is 23.9 Å². The normalized spacial score (nSPS) is 22.8. The lowest BCUT2D eigenvalue weighted by Crippen LogP contribution is -1.96. The average Bonchev–Trinajstić information content (AvgIpc) is 2.56. The van der Waals surface area contributed by atoms with Crippen molar-refractivity contribution in [3.8, 4) is 0 Å². The van der Waals surface area contributed by atoms with Gasteiger partial charge in [-0.05, 0) is 24.7 Å². The van der Waals surface area contributed by atoms with Gasteiger partial charge in [0.05, 0.1) is 5.25 Å². The van der Waals surface area contributed by atoms with E-state index in [9.17, 15) is 0 Å². The molecule has 0 saturated carbocycles. The van der Waals surface area contributed by atoms with Crippen LogP contribution in [0.3, 0.4) is 0 Å². The predicted octanol–water partition coefficient (Wildman–Crippen LogP) is 2.71. The molecule has 1 fully saturated rings. The maximum atomic E-state index is 5.03. The van der Waals surface area contributed by atoms with E-state index >= 15 is 0 Å². The summed E-state index contributed by atoms with van der Waals surface area (Å²) in [6.45, 7) is 0. The average molecular weight is 198 g/mol. The van der Waals surface area contributed by atoms with Gasteiger partial charge in [-0.2, -0.15) is 11.8 Å². The zero-order chi connectivity index (χ0) is 8.39. The van der Waals surface area contributed by atoms with Crippen LogP contribution in [0.15, 0.2) is 12.3 Å². The highest BCUT2D eigenvalue weighted by molar-refractivity contribution is 7.99. The Labute approximate surface area is 80.8 Å². The molecule has 1 aliphatic rings. The Balaban J connectivity index is 2.27. The zero-order valence-electron chi connectivity index (χ0n) is 6.62. The number of nitrogens with zero attached hydrogens (tertiary/aromatic N) is 1. The molecule has 1 aromatic heterocycles. The third kappa shape index (κ3) is 1.69. The second-order valence-corrected chi connectivity index (χ2v) is 4.57. The summed E-state index contributed by atoms with van der Waals surface area (Å²) in [4.78, 5) is 7.41. The smallest absolute Gasteiger partial charge is 0.120 e. The molecule has 1 aliphatic heterocycles. The number of hydrogen-bond donors (Lipinski definition) is 1. The van der Waals surface area contributed by atoms with E-state index in [1.54, 1.807) is 6.20 Å². The van der Waals surface area contributed by atoms with Crippen LogP contribution in [0.5, 0.6) is 0 Å². The summed E-state index contributed by atoms with van der Waals surface area (Å²) in [5.41, 5.74) is 0. The van der Waals surface area contributed by atoms with Gasteiger partial charge in [-0.15, -0.1) is 0 Å². The molecule has 0 spiro atoms. The van der Waals surface area contributed by atoms with Gasteiger partial charge in [0.2, 0.25) is 0 Å². The van der Waals surface area contributed by atoms with Crippen molar-refractivity contribution in [2.75, 3.05) is 5.75 Å². The van der Waals surface area contributed by atoms with E-state index in [2.05, 4.69) is 9.97 Å². The second-order valence-electron chi connectivity index (χ2n) is 2.82. The molecule has 64 valence electrons. The minimum Gasteiger partial charge on any atom is -0.334 e. The van der Waals surface area contributed by atoms with Crippen molar-refractivity contribution in [2.45, 2.75) is 18.1 Å². The lowest BCUT2D eigenvalue weighted by molar-refractivity contribution is 0.775. The van der Waals surface area contributed by atoms with Gasteiger partial charge in [-0.3, -0.25) is 0 Å². The quantitative estimate of drug-likeness (QED) is 0.703. The van der Waals surface area contributed by atoms with Crippen LogP contribution in [0, 0.1) is 4.64 Å². The Morgan fingerprint density at radius 1 is 1.67 bits per heavy atom. The molecule has 4 heteroatoms. The van der Waals surface area contributed by atoms with Gasteiger partial charge in [0, 0.05) is 6.20 Å². The molecule has 12 heavy (non-hydrogen) atoms. The van der Waals surface area contributed by atoms with Crippen LogP contribution < -0.4 is 0 Å². The molecule has 0 radical (unpaired) electrons. The summed E-state index contributed by atoms with van der Waals surface area (Å²) in [5, 5.41) is 0.549. The van der Waals surface area contributed by atoms with Crippen LogP contribution >= 0.6 is 24.0 Å². The Bertz CT molecular complexity index is 315. The van der Waals surface area contributed by atoms with E-state index < -0.39 is 0 Å². The Morgan fingerprint density at radius 3 is 3.25 bits per heavy atom. The van der Waals surface area contributed by atoms with E-state index in [-0.39, 0.29) is 0 Å². The molecular weight excluding hydrogens is 188 g/mol. The third-order valence-corrected chi connectivity index (χ3v) is 3.55. The van der Waals surface area contributed by atoms with Crippen LogP contribution in [-0.2, 0) is 0 Å². The lowest BCUT2D eigenvalue weighted by Gasteiger charge is -2.05. The summed E-state index contributed by atoms with van der Waals surface area (Å²) in [7, 11) is 0. The first-order valence-corrected chi connectivity index (χ1v) is 5.49. The summed E-state index contributed by atoms with van der Waals surface area (Å²) in [5.74, 6) is 2.30. The van der Waals surface area contributed by atoms with Gasteiger partial charge in [0.1, 0.15) is 10.5 Å². The molecule has 1 N–H and O–H groups in total. The maximum absolute atomic E-state index is 5.03. The first-order valence-electron chi connectivity index (χ1n) is 4.03. The summed E-state index contributed by atoms with van der Waals surface area (Å²) >= 11 is 6.99. The highest BCUT2D eigenvalue weighted by Gasteiger charge is 2.18. The van der Waals surface area contributed by atoms with Gasteiger partial charge in [-0.25, -0.2) is 4.98 Å². The largest absolute Gasteiger partial charge is 0.334 e. The number of aromatic nitrogens is 2. The second kappa shape index (κ2) is 3.58. The van der Waals surface area contributed by atoms with Gasteiger partial charge >= 0.3 is 0 Å². The van der Waals surface area contributed by atoms with E-state index in [1.165, 1.54) is 18.6 Å². The maximum Gasteiger partial charge on any atom is 0.120 e. The Morgan fingerprint density at radius 2 is 2.58 bits per heavy atom. The number of nitrogens with one attached hydrogen (secondary N) is 1. The number of rotatable bonds is 1. The first-order chi connectivity index (χ1) is 5.86. The van der Waals surface area contributed by atoms with Crippen molar-refractivity contribution in [1.29, 1.82) is 0 Å². The van der Waals surface area contributed by atoms with Crippen molar-refractivity contribution in [3.63, 3.8) is 0 Å². The number of aromatic amines is 1. The molecular formula is C8H10N2S2. The fourth-order valence-corrected chi connectivity index (χ4v) is 2.74. The van der Waals surface area contributed by atoms with Gasteiger partial charge < -0.3 is 4.98 Å². The summed E-state index contributed by atoms with van der Waals surface area (Å²) in [6.07, 6.45) is 4.31. The highest BCUT2D eigenvalue weighted by atomic mass is 32.2.